The van der Waals surface area contributed by atoms with Crippen LogP contribution in [-0.4, -0.2) is 40.0 Å². The van der Waals surface area contributed by atoms with Crippen LogP contribution in [0.4, 0.5) is 10.7 Å². The van der Waals surface area contributed by atoms with Crippen LogP contribution in [0.5, 0.6) is 0 Å². The van der Waals surface area contributed by atoms with Gasteiger partial charge in [0.15, 0.2) is 0 Å². The fourth-order valence-electron chi connectivity index (χ4n) is 1.32. The maximum atomic E-state index is 11.4. The minimum Gasteiger partial charge on any atom is -0.444 e. The number of aryl methyl sites for hydroxylation is 2. The second-order valence-electron chi connectivity index (χ2n) is 5.52. The van der Waals surface area contributed by atoms with Crippen LogP contribution in [0.1, 0.15) is 38.6 Å². The summed E-state index contributed by atoms with van der Waals surface area (Å²) in [6.07, 6.45) is 0.344. The van der Waals surface area contributed by atoms with E-state index in [1.807, 2.05) is 34.6 Å². The fourth-order valence-corrected chi connectivity index (χ4v) is 1.32. The molecule has 1 aromatic rings. The maximum absolute atomic E-state index is 11.4. The molecule has 0 fully saturated rings. The predicted octanol–water partition coefficient (Wildman–Crippen LogP) is 1.82. The first-order chi connectivity index (χ1) is 9.28. The van der Waals surface area contributed by atoms with Gasteiger partial charge in [-0.1, -0.05) is 0 Å². The van der Waals surface area contributed by atoms with E-state index in [1.54, 1.807) is 0 Å². The summed E-state index contributed by atoms with van der Waals surface area (Å²) in [7, 11) is 0. The molecule has 1 amide bonds. The average molecular weight is 281 g/mol. The molecule has 0 aliphatic rings. The van der Waals surface area contributed by atoms with E-state index in [1.165, 1.54) is 0 Å². The number of carbonyl (C=O) groups is 1. The van der Waals surface area contributed by atoms with Gasteiger partial charge < -0.3 is 15.4 Å². The maximum Gasteiger partial charge on any atom is 0.407 e. The molecule has 1 aromatic heterocycles. The lowest BCUT2D eigenvalue weighted by molar-refractivity contribution is 0.0528. The highest BCUT2D eigenvalue weighted by atomic mass is 16.6. The number of carbonyl (C=O) groups excluding carboxylic acids is 1. The summed E-state index contributed by atoms with van der Waals surface area (Å²) in [5.41, 5.74) is 1.21. The monoisotopic (exact) mass is 281 g/mol. The van der Waals surface area contributed by atoms with Gasteiger partial charge in [-0.2, -0.15) is 5.10 Å². The standard InChI is InChI=1S/C13H23N5O2/c1-9-10(2)17-18-11(16-9)14-7-6-8-15-12(19)20-13(3,4)5/h6-8H2,1-5H3,(H,15,19)(H,14,16,18). The van der Waals surface area contributed by atoms with Crippen LogP contribution in [0.2, 0.25) is 0 Å². The number of rotatable bonds is 5. The summed E-state index contributed by atoms with van der Waals surface area (Å²) in [6.45, 7) is 10.4. The first-order valence-corrected chi connectivity index (χ1v) is 6.66. The van der Waals surface area contributed by atoms with E-state index < -0.39 is 11.7 Å². The van der Waals surface area contributed by atoms with Crippen molar-refractivity contribution in [2.75, 3.05) is 18.4 Å². The number of hydrogen-bond donors (Lipinski definition) is 2. The largest absolute Gasteiger partial charge is 0.444 e. The van der Waals surface area contributed by atoms with Gasteiger partial charge in [-0.3, -0.25) is 0 Å². The van der Waals surface area contributed by atoms with Crippen molar-refractivity contribution in [3.63, 3.8) is 0 Å². The van der Waals surface area contributed by atoms with E-state index in [9.17, 15) is 4.79 Å². The van der Waals surface area contributed by atoms with E-state index in [-0.39, 0.29) is 0 Å². The Bertz CT molecular complexity index is 457. The third-order valence-electron chi connectivity index (χ3n) is 2.40. The Morgan fingerprint density at radius 3 is 2.45 bits per heavy atom. The van der Waals surface area contributed by atoms with E-state index in [0.717, 1.165) is 17.8 Å². The van der Waals surface area contributed by atoms with Gasteiger partial charge in [0.1, 0.15) is 5.60 Å². The van der Waals surface area contributed by atoms with E-state index >= 15 is 0 Å². The summed E-state index contributed by atoms with van der Waals surface area (Å²) in [4.78, 5) is 15.6. The van der Waals surface area contributed by atoms with Crippen LogP contribution in [0.15, 0.2) is 0 Å². The van der Waals surface area contributed by atoms with E-state index in [0.29, 0.717) is 19.0 Å². The molecule has 112 valence electrons. The number of alkyl carbamates (subject to hydrolysis) is 1. The zero-order valence-electron chi connectivity index (χ0n) is 12.8. The Morgan fingerprint density at radius 2 is 1.85 bits per heavy atom. The summed E-state index contributed by atoms with van der Waals surface area (Å²) < 4.78 is 5.13. The summed E-state index contributed by atoms with van der Waals surface area (Å²) >= 11 is 0. The van der Waals surface area contributed by atoms with Gasteiger partial charge in [-0.05, 0) is 41.0 Å². The Hall–Kier alpha value is -1.92. The third kappa shape index (κ3) is 6.31. The fraction of sp³-hybridized carbons (Fsp3) is 0.692. The van der Waals surface area contributed by atoms with Crippen molar-refractivity contribution in [1.82, 2.24) is 20.5 Å². The van der Waals surface area contributed by atoms with Crippen molar-refractivity contribution in [2.45, 2.75) is 46.6 Å². The molecule has 0 saturated heterocycles. The molecule has 2 N–H and O–H groups in total. The molecule has 0 saturated carbocycles. The number of anilines is 1. The van der Waals surface area contributed by atoms with Crippen molar-refractivity contribution < 1.29 is 9.53 Å². The van der Waals surface area contributed by atoms with Crippen LogP contribution in [0.3, 0.4) is 0 Å². The molecular weight excluding hydrogens is 258 g/mol. The van der Waals surface area contributed by atoms with Gasteiger partial charge in [0, 0.05) is 13.1 Å². The van der Waals surface area contributed by atoms with E-state index in [4.69, 9.17) is 4.74 Å². The van der Waals surface area contributed by atoms with Gasteiger partial charge >= 0.3 is 6.09 Å². The highest BCUT2D eigenvalue weighted by molar-refractivity contribution is 5.67. The lowest BCUT2D eigenvalue weighted by Crippen LogP contribution is -2.33. The molecule has 1 rings (SSSR count). The highest BCUT2D eigenvalue weighted by Crippen LogP contribution is 2.06. The van der Waals surface area contributed by atoms with Gasteiger partial charge in [-0.15, -0.1) is 5.10 Å². The Kier molecular flexibility index (Phi) is 5.66. The van der Waals surface area contributed by atoms with E-state index in [2.05, 4.69) is 25.8 Å². The number of amides is 1. The minimum atomic E-state index is -0.471. The number of ether oxygens (including phenoxy) is 1. The molecule has 0 spiro atoms. The van der Waals surface area contributed by atoms with Gasteiger partial charge in [0.2, 0.25) is 5.95 Å². The molecule has 0 atom stereocenters. The van der Waals surface area contributed by atoms with Crippen LogP contribution < -0.4 is 10.6 Å². The molecule has 1 heterocycles. The highest BCUT2D eigenvalue weighted by Gasteiger charge is 2.15. The molecular formula is C13H23N5O2. The lowest BCUT2D eigenvalue weighted by atomic mass is 10.2. The number of hydrogen-bond acceptors (Lipinski definition) is 6. The van der Waals surface area contributed by atoms with Gasteiger partial charge in [0.05, 0.1) is 11.4 Å². The number of aromatic nitrogens is 3. The van der Waals surface area contributed by atoms with Crippen molar-refractivity contribution in [3.8, 4) is 0 Å². The zero-order chi connectivity index (χ0) is 15.2. The normalized spacial score (nSPS) is 11.1. The predicted molar refractivity (Wildman–Crippen MR) is 76.6 cm³/mol. The van der Waals surface area contributed by atoms with Gasteiger partial charge in [0.25, 0.3) is 0 Å². The first-order valence-electron chi connectivity index (χ1n) is 6.66. The van der Waals surface area contributed by atoms with Crippen molar-refractivity contribution in [1.29, 1.82) is 0 Å². The summed E-state index contributed by atoms with van der Waals surface area (Å²) in [6, 6.07) is 0. The molecule has 0 radical (unpaired) electrons. The second kappa shape index (κ2) is 7.02. The Balaban J connectivity index is 2.19. The molecule has 0 aromatic carbocycles. The van der Waals surface area contributed by atoms with Crippen molar-refractivity contribution in [3.05, 3.63) is 11.4 Å². The second-order valence-corrected chi connectivity index (χ2v) is 5.52. The average Bonchev–Trinajstić information content (AvgIpc) is 2.31. The molecule has 7 nitrogen and oxygen atoms in total. The number of nitrogens with one attached hydrogen (secondary N) is 2. The quantitative estimate of drug-likeness (QED) is 0.800. The third-order valence-corrected chi connectivity index (χ3v) is 2.40. The smallest absolute Gasteiger partial charge is 0.407 e. The number of nitrogens with zero attached hydrogens (tertiary/aromatic N) is 3. The summed E-state index contributed by atoms with van der Waals surface area (Å²) in [5, 5.41) is 13.7. The van der Waals surface area contributed by atoms with Crippen molar-refractivity contribution >= 4 is 12.0 Å². The lowest BCUT2D eigenvalue weighted by Gasteiger charge is -2.19. The zero-order valence-corrected chi connectivity index (χ0v) is 12.8. The van der Waals surface area contributed by atoms with Crippen LogP contribution in [0, 0.1) is 13.8 Å². The SMILES string of the molecule is Cc1nnc(NCCCNC(=O)OC(C)(C)C)nc1C. The first kappa shape index (κ1) is 16.1. The van der Waals surface area contributed by atoms with Crippen molar-refractivity contribution in [2.24, 2.45) is 0 Å². The summed E-state index contributed by atoms with van der Waals surface area (Å²) in [5.74, 6) is 0.505. The molecule has 0 unspecified atom stereocenters. The molecule has 0 aliphatic heterocycles. The molecule has 7 heteroatoms. The Morgan fingerprint density at radius 1 is 1.15 bits per heavy atom. The molecule has 20 heavy (non-hydrogen) atoms. The van der Waals surface area contributed by atoms with Crippen LogP contribution in [-0.2, 0) is 4.74 Å². The van der Waals surface area contributed by atoms with Crippen LogP contribution in [0.25, 0.3) is 0 Å². The van der Waals surface area contributed by atoms with Gasteiger partial charge in [-0.25, -0.2) is 9.78 Å². The topological polar surface area (TPSA) is 89.0 Å². The Labute approximate surface area is 119 Å². The molecule has 0 bridgehead atoms. The minimum absolute atomic E-state index is 0.401. The van der Waals surface area contributed by atoms with Crippen LogP contribution >= 0.6 is 0 Å². The molecule has 0 aliphatic carbocycles.